The van der Waals surface area contributed by atoms with Crippen LogP contribution in [0.5, 0.6) is 0 Å². The van der Waals surface area contributed by atoms with Crippen molar-refractivity contribution in [3.05, 3.63) is 24.3 Å². The fourth-order valence-corrected chi connectivity index (χ4v) is 3.11. The molecule has 18 heavy (non-hydrogen) atoms. The van der Waals surface area contributed by atoms with Gasteiger partial charge in [0.05, 0.1) is 4.90 Å². The molecule has 0 bridgehead atoms. The monoisotopic (exact) mass is 287 g/mol. The van der Waals surface area contributed by atoms with Crippen molar-refractivity contribution < 1.29 is 8.42 Å². The van der Waals surface area contributed by atoms with Crippen molar-refractivity contribution in [3.63, 3.8) is 0 Å². The van der Waals surface area contributed by atoms with Crippen LogP contribution < -0.4 is 5.73 Å². The topological polar surface area (TPSA) is 60.2 Å². The van der Waals surface area contributed by atoms with E-state index in [4.69, 9.17) is 5.73 Å². The summed E-state index contributed by atoms with van der Waals surface area (Å²) >= 11 is 1.67. The van der Waals surface area contributed by atoms with Gasteiger partial charge in [0, 0.05) is 22.9 Å². The Kier molecular flexibility index (Phi) is 5.69. The molecule has 0 aliphatic carbocycles. The predicted octanol–water partition coefficient (Wildman–Crippen LogP) is 2.56. The SMILES string of the molecule is CCC(C)C(N)CSc1ccc(S(C)(=O)=O)cc1. The number of rotatable bonds is 6. The van der Waals surface area contributed by atoms with Crippen LogP contribution in [0.15, 0.2) is 34.1 Å². The maximum atomic E-state index is 11.3. The fraction of sp³-hybridized carbons (Fsp3) is 0.538. The molecule has 1 aromatic carbocycles. The highest BCUT2D eigenvalue weighted by molar-refractivity contribution is 7.99. The molecule has 0 saturated carbocycles. The first-order valence-electron chi connectivity index (χ1n) is 6.03. The third-order valence-electron chi connectivity index (χ3n) is 3.07. The number of hydrogen-bond acceptors (Lipinski definition) is 4. The second-order valence-electron chi connectivity index (χ2n) is 4.60. The summed E-state index contributed by atoms with van der Waals surface area (Å²) < 4.78 is 22.6. The van der Waals surface area contributed by atoms with Gasteiger partial charge in [0.15, 0.2) is 9.84 Å². The van der Waals surface area contributed by atoms with E-state index < -0.39 is 9.84 Å². The maximum Gasteiger partial charge on any atom is 0.175 e. The molecule has 1 rings (SSSR count). The summed E-state index contributed by atoms with van der Waals surface area (Å²) in [5, 5.41) is 0. The van der Waals surface area contributed by atoms with Gasteiger partial charge in [-0.15, -0.1) is 11.8 Å². The van der Waals surface area contributed by atoms with E-state index in [1.807, 2.05) is 12.1 Å². The van der Waals surface area contributed by atoms with E-state index in [0.29, 0.717) is 10.8 Å². The number of benzene rings is 1. The van der Waals surface area contributed by atoms with Gasteiger partial charge in [0.1, 0.15) is 0 Å². The van der Waals surface area contributed by atoms with Crippen molar-refractivity contribution in [2.24, 2.45) is 11.7 Å². The molecular weight excluding hydrogens is 266 g/mol. The first kappa shape index (κ1) is 15.5. The zero-order valence-corrected chi connectivity index (χ0v) is 12.7. The average molecular weight is 287 g/mol. The van der Waals surface area contributed by atoms with Crippen LogP contribution in [0, 0.1) is 5.92 Å². The van der Waals surface area contributed by atoms with E-state index >= 15 is 0 Å². The van der Waals surface area contributed by atoms with Crippen molar-refractivity contribution in [2.45, 2.75) is 36.1 Å². The van der Waals surface area contributed by atoms with Crippen molar-refractivity contribution in [1.82, 2.24) is 0 Å². The Morgan fingerprint density at radius 2 is 1.83 bits per heavy atom. The lowest BCUT2D eigenvalue weighted by atomic mass is 10.0. The molecule has 3 nitrogen and oxygen atoms in total. The molecule has 2 atom stereocenters. The highest BCUT2D eigenvalue weighted by atomic mass is 32.2. The fourth-order valence-electron chi connectivity index (χ4n) is 1.44. The Balaban J connectivity index is 2.60. The maximum absolute atomic E-state index is 11.3. The quantitative estimate of drug-likeness (QED) is 0.817. The summed E-state index contributed by atoms with van der Waals surface area (Å²) in [5.74, 6) is 1.36. The van der Waals surface area contributed by atoms with Gasteiger partial charge in [0.2, 0.25) is 0 Å². The average Bonchev–Trinajstić information content (AvgIpc) is 2.34. The molecule has 102 valence electrons. The van der Waals surface area contributed by atoms with Crippen LogP contribution in [0.3, 0.4) is 0 Å². The van der Waals surface area contributed by atoms with Gasteiger partial charge in [-0.3, -0.25) is 0 Å². The molecule has 0 heterocycles. The normalized spacial score (nSPS) is 15.3. The van der Waals surface area contributed by atoms with Crippen LogP contribution in [0.2, 0.25) is 0 Å². The second-order valence-corrected chi connectivity index (χ2v) is 7.71. The van der Waals surface area contributed by atoms with Crippen molar-refractivity contribution in [1.29, 1.82) is 0 Å². The lowest BCUT2D eigenvalue weighted by Gasteiger charge is -2.17. The Morgan fingerprint density at radius 1 is 1.28 bits per heavy atom. The molecular formula is C13H21NO2S2. The molecule has 5 heteroatoms. The smallest absolute Gasteiger partial charge is 0.175 e. The van der Waals surface area contributed by atoms with Crippen LogP contribution >= 0.6 is 11.8 Å². The van der Waals surface area contributed by atoms with Gasteiger partial charge in [-0.05, 0) is 30.2 Å². The van der Waals surface area contributed by atoms with Crippen LogP contribution in [0.1, 0.15) is 20.3 Å². The molecule has 0 radical (unpaired) electrons. The first-order valence-corrected chi connectivity index (χ1v) is 8.90. The highest BCUT2D eigenvalue weighted by Crippen LogP contribution is 2.22. The summed E-state index contributed by atoms with van der Waals surface area (Å²) in [6.45, 7) is 4.29. The Labute approximate surface area is 114 Å². The predicted molar refractivity (Wildman–Crippen MR) is 77.7 cm³/mol. The molecule has 0 aliphatic heterocycles. The molecule has 0 aromatic heterocycles. The molecule has 0 saturated heterocycles. The lowest BCUT2D eigenvalue weighted by molar-refractivity contribution is 0.475. The van der Waals surface area contributed by atoms with Gasteiger partial charge in [-0.25, -0.2) is 8.42 Å². The highest BCUT2D eigenvalue weighted by Gasteiger charge is 2.11. The summed E-state index contributed by atoms with van der Waals surface area (Å²) in [7, 11) is -3.10. The molecule has 2 N–H and O–H groups in total. The van der Waals surface area contributed by atoms with E-state index in [1.165, 1.54) is 6.26 Å². The summed E-state index contributed by atoms with van der Waals surface area (Å²) in [5.41, 5.74) is 6.06. The molecule has 1 aromatic rings. The third kappa shape index (κ3) is 4.63. The van der Waals surface area contributed by atoms with Gasteiger partial charge in [0.25, 0.3) is 0 Å². The molecule has 2 unspecified atom stereocenters. The largest absolute Gasteiger partial charge is 0.327 e. The summed E-state index contributed by atoms with van der Waals surface area (Å²) in [6.07, 6.45) is 2.29. The minimum atomic E-state index is -3.10. The van der Waals surface area contributed by atoms with Crippen LogP contribution in [-0.4, -0.2) is 26.5 Å². The Hall–Kier alpha value is -0.520. The number of sulfone groups is 1. The van der Waals surface area contributed by atoms with Gasteiger partial charge in [-0.1, -0.05) is 20.3 Å². The Morgan fingerprint density at radius 3 is 2.28 bits per heavy atom. The number of thioether (sulfide) groups is 1. The summed E-state index contributed by atoms with van der Waals surface area (Å²) in [6, 6.07) is 7.14. The zero-order chi connectivity index (χ0) is 13.8. The van der Waals surface area contributed by atoms with E-state index in [1.54, 1.807) is 23.9 Å². The number of hydrogen-bond donors (Lipinski definition) is 1. The van der Waals surface area contributed by atoms with E-state index in [9.17, 15) is 8.42 Å². The van der Waals surface area contributed by atoms with Crippen molar-refractivity contribution >= 4 is 21.6 Å². The molecule has 0 fully saturated rings. The van der Waals surface area contributed by atoms with Crippen LogP contribution in [0.25, 0.3) is 0 Å². The first-order chi connectivity index (χ1) is 8.34. The summed E-state index contributed by atoms with van der Waals surface area (Å²) in [4.78, 5) is 1.42. The second kappa shape index (κ2) is 6.59. The van der Waals surface area contributed by atoms with Crippen molar-refractivity contribution in [2.75, 3.05) is 12.0 Å². The van der Waals surface area contributed by atoms with Crippen LogP contribution in [0.4, 0.5) is 0 Å². The van der Waals surface area contributed by atoms with E-state index in [0.717, 1.165) is 17.1 Å². The van der Waals surface area contributed by atoms with Crippen molar-refractivity contribution in [3.8, 4) is 0 Å². The molecule has 0 aliphatic rings. The van der Waals surface area contributed by atoms with Gasteiger partial charge in [-0.2, -0.15) is 0 Å². The number of nitrogens with two attached hydrogens (primary N) is 1. The molecule has 0 amide bonds. The lowest BCUT2D eigenvalue weighted by Crippen LogP contribution is -2.30. The van der Waals surface area contributed by atoms with Gasteiger partial charge >= 0.3 is 0 Å². The minimum absolute atomic E-state index is 0.176. The van der Waals surface area contributed by atoms with Gasteiger partial charge < -0.3 is 5.73 Å². The van der Waals surface area contributed by atoms with E-state index in [-0.39, 0.29) is 6.04 Å². The Bertz CT molecular complexity index is 468. The standard InChI is InChI=1S/C13H21NO2S2/c1-4-10(2)13(14)9-17-11-5-7-12(8-6-11)18(3,15)16/h5-8,10,13H,4,9,14H2,1-3H3. The minimum Gasteiger partial charge on any atom is -0.327 e. The zero-order valence-electron chi connectivity index (χ0n) is 11.1. The van der Waals surface area contributed by atoms with E-state index in [2.05, 4.69) is 13.8 Å². The third-order valence-corrected chi connectivity index (χ3v) is 5.35. The molecule has 0 spiro atoms. The van der Waals surface area contributed by atoms with Crippen LogP contribution in [-0.2, 0) is 9.84 Å².